The summed E-state index contributed by atoms with van der Waals surface area (Å²) in [6.07, 6.45) is 1.42. The minimum Gasteiger partial charge on any atom is -0.480 e. The van der Waals surface area contributed by atoms with Crippen molar-refractivity contribution in [1.29, 1.82) is 0 Å². The maximum atomic E-state index is 11.9. The molecule has 0 aliphatic heterocycles. The minimum atomic E-state index is -1.06. The number of hydrogen-bond acceptors (Lipinski definition) is 4. The van der Waals surface area contributed by atoms with Gasteiger partial charge in [-0.3, -0.25) is 14.4 Å². The van der Waals surface area contributed by atoms with Crippen LogP contribution < -0.4 is 5.32 Å². The average molecular weight is 282 g/mol. The van der Waals surface area contributed by atoms with Gasteiger partial charge in [-0.1, -0.05) is 0 Å². The molecule has 1 aromatic heterocycles. The fraction of sp³-hybridized carbons (Fsp3) is 0.462. The van der Waals surface area contributed by atoms with Crippen molar-refractivity contribution < 1.29 is 23.9 Å². The average Bonchev–Trinajstić information content (AvgIpc) is 2.88. The lowest BCUT2D eigenvalue weighted by Gasteiger charge is -2.24. The molecule has 0 saturated carbocycles. The van der Waals surface area contributed by atoms with Crippen molar-refractivity contribution >= 4 is 17.8 Å². The van der Waals surface area contributed by atoms with Gasteiger partial charge >= 0.3 is 5.97 Å². The molecule has 110 valence electrons. The van der Waals surface area contributed by atoms with Crippen LogP contribution in [-0.4, -0.2) is 46.9 Å². The predicted octanol–water partition coefficient (Wildman–Crippen LogP) is 0.721. The normalized spacial score (nSPS) is 10.3. The zero-order valence-corrected chi connectivity index (χ0v) is 11.5. The molecule has 2 N–H and O–H groups in total. The largest absolute Gasteiger partial charge is 0.480 e. The SMILES string of the molecule is CC(C)N(CC(=O)O)C(=O)CCNC(=O)c1ccco1. The van der Waals surface area contributed by atoms with E-state index < -0.39 is 11.9 Å². The highest BCUT2D eigenvalue weighted by molar-refractivity contribution is 5.91. The topological polar surface area (TPSA) is 99.9 Å². The molecule has 1 aromatic rings. The van der Waals surface area contributed by atoms with Gasteiger partial charge in [-0.05, 0) is 26.0 Å². The Bertz CT molecular complexity index is 467. The Morgan fingerprint density at radius 2 is 2.10 bits per heavy atom. The van der Waals surface area contributed by atoms with Crippen molar-refractivity contribution in [3.05, 3.63) is 24.2 Å². The molecule has 0 aliphatic carbocycles. The molecular formula is C13H18N2O5. The number of carboxylic acid groups (broad SMARTS) is 1. The standard InChI is InChI=1S/C13H18N2O5/c1-9(2)15(8-12(17)18)11(16)5-6-14-13(19)10-4-3-7-20-10/h3-4,7,9H,5-6,8H2,1-2H3,(H,14,19)(H,17,18). The van der Waals surface area contributed by atoms with E-state index in [4.69, 9.17) is 9.52 Å². The predicted molar refractivity (Wildman–Crippen MR) is 70.1 cm³/mol. The fourth-order valence-corrected chi connectivity index (χ4v) is 1.63. The second-order valence-electron chi connectivity index (χ2n) is 4.49. The third-order valence-corrected chi connectivity index (χ3v) is 2.62. The summed E-state index contributed by atoms with van der Waals surface area (Å²) >= 11 is 0. The van der Waals surface area contributed by atoms with Gasteiger partial charge in [-0.25, -0.2) is 0 Å². The summed E-state index contributed by atoms with van der Waals surface area (Å²) in [6, 6.07) is 2.90. The van der Waals surface area contributed by atoms with Crippen LogP contribution in [0.3, 0.4) is 0 Å². The third kappa shape index (κ3) is 4.75. The summed E-state index contributed by atoms with van der Waals surface area (Å²) in [7, 11) is 0. The number of nitrogens with zero attached hydrogens (tertiary/aromatic N) is 1. The molecule has 0 spiro atoms. The minimum absolute atomic E-state index is 0.0396. The van der Waals surface area contributed by atoms with Gasteiger partial charge in [0.1, 0.15) is 6.54 Å². The van der Waals surface area contributed by atoms with Gasteiger partial charge in [-0.15, -0.1) is 0 Å². The molecular weight excluding hydrogens is 264 g/mol. The van der Waals surface area contributed by atoms with Crippen LogP contribution in [0.5, 0.6) is 0 Å². The molecule has 7 heteroatoms. The van der Waals surface area contributed by atoms with E-state index in [1.165, 1.54) is 17.2 Å². The van der Waals surface area contributed by atoms with Crippen molar-refractivity contribution in [2.75, 3.05) is 13.1 Å². The third-order valence-electron chi connectivity index (χ3n) is 2.62. The Hall–Kier alpha value is -2.31. The van der Waals surface area contributed by atoms with Crippen LogP contribution in [0.1, 0.15) is 30.8 Å². The van der Waals surface area contributed by atoms with E-state index in [2.05, 4.69) is 5.32 Å². The number of carboxylic acids is 1. The van der Waals surface area contributed by atoms with Crippen LogP contribution in [0.2, 0.25) is 0 Å². The molecule has 20 heavy (non-hydrogen) atoms. The number of rotatable bonds is 7. The molecule has 7 nitrogen and oxygen atoms in total. The zero-order chi connectivity index (χ0) is 15.1. The Labute approximate surface area is 116 Å². The second-order valence-corrected chi connectivity index (χ2v) is 4.49. The summed E-state index contributed by atoms with van der Waals surface area (Å²) in [5.74, 6) is -1.62. The zero-order valence-electron chi connectivity index (χ0n) is 11.5. The molecule has 0 unspecified atom stereocenters. The van der Waals surface area contributed by atoms with E-state index in [-0.39, 0.29) is 37.2 Å². The van der Waals surface area contributed by atoms with Gasteiger partial charge in [-0.2, -0.15) is 0 Å². The van der Waals surface area contributed by atoms with Crippen molar-refractivity contribution in [3.63, 3.8) is 0 Å². The maximum Gasteiger partial charge on any atom is 0.323 e. The quantitative estimate of drug-likeness (QED) is 0.767. The first kappa shape index (κ1) is 15.7. The number of aliphatic carboxylic acids is 1. The smallest absolute Gasteiger partial charge is 0.323 e. The Kier molecular flexibility index (Phi) is 5.76. The van der Waals surface area contributed by atoms with Gasteiger partial charge in [0.05, 0.1) is 6.26 Å². The van der Waals surface area contributed by atoms with E-state index in [0.29, 0.717) is 0 Å². The summed E-state index contributed by atoms with van der Waals surface area (Å²) in [5, 5.41) is 11.3. The molecule has 0 aromatic carbocycles. The van der Waals surface area contributed by atoms with E-state index in [1.54, 1.807) is 19.9 Å². The molecule has 0 bridgehead atoms. The molecule has 1 heterocycles. The van der Waals surface area contributed by atoms with Crippen LogP contribution in [0.15, 0.2) is 22.8 Å². The van der Waals surface area contributed by atoms with E-state index in [9.17, 15) is 14.4 Å². The molecule has 2 amide bonds. The monoisotopic (exact) mass is 282 g/mol. The number of carbonyl (C=O) groups is 3. The lowest BCUT2D eigenvalue weighted by atomic mass is 10.2. The summed E-state index contributed by atoms with van der Waals surface area (Å²) in [5.41, 5.74) is 0. The highest BCUT2D eigenvalue weighted by atomic mass is 16.4. The first-order chi connectivity index (χ1) is 9.41. The van der Waals surface area contributed by atoms with Crippen LogP contribution >= 0.6 is 0 Å². The highest BCUT2D eigenvalue weighted by Crippen LogP contribution is 2.02. The van der Waals surface area contributed by atoms with E-state index in [1.807, 2.05) is 0 Å². The number of carbonyl (C=O) groups excluding carboxylic acids is 2. The van der Waals surface area contributed by atoms with Crippen LogP contribution in [0.25, 0.3) is 0 Å². The van der Waals surface area contributed by atoms with Crippen LogP contribution in [0, 0.1) is 0 Å². The second kappa shape index (κ2) is 7.32. The van der Waals surface area contributed by atoms with Crippen molar-refractivity contribution in [1.82, 2.24) is 10.2 Å². The first-order valence-corrected chi connectivity index (χ1v) is 6.24. The number of nitrogens with one attached hydrogen (secondary N) is 1. The number of furan rings is 1. The Balaban J connectivity index is 2.41. The van der Waals surface area contributed by atoms with Crippen molar-refractivity contribution in [2.24, 2.45) is 0 Å². The van der Waals surface area contributed by atoms with Gasteiger partial charge in [0.2, 0.25) is 5.91 Å². The molecule has 0 atom stereocenters. The van der Waals surface area contributed by atoms with Gasteiger partial charge in [0.15, 0.2) is 5.76 Å². The van der Waals surface area contributed by atoms with Crippen molar-refractivity contribution in [3.8, 4) is 0 Å². The fourth-order valence-electron chi connectivity index (χ4n) is 1.63. The molecule has 0 fully saturated rings. The molecule has 0 radical (unpaired) electrons. The number of amides is 2. The Morgan fingerprint density at radius 1 is 1.40 bits per heavy atom. The first-order valence-electron chi connectivity index (χ1n) is 6.24. The molecule has 0 aliphatic rings. The highest BCUT2D eigenvalue weighted by Gasteiger charge is 2.19. The summed E-state index contributed by atoms with van der Waals surface area (Å²) in [4.78, 5) is 35.4. The van der Waals surface area contributed by atoms with Gasteiger partial charge < -0.3 is 19.7 Å². The van der Waals surface area contributed by atoms with Gasteiger partial charge in [0.25, 0.3) is 5.91 Å². The van der Waals surface area contributed by atoms with E-state index in [0.717, 1.165) is 0 Å². The lowest BCUT2D eigenvalue weighted by Crippen LogP contribution is -2.42. The van der Waals surface area contributed by atoms with Crippen LogP contribution in [-0.2, 0) is 9.59 Å². The lowest BCUT2D eigenvalue weighted by molar-refractivity contribution is -0.145. The molecule has 0 saturated heterocycles. The molecule has 1 rings (SSSR count). The number of hydrogen-bond donors (Lipinski definition) is 2. The summed E-state index contributed by atoms with van der Waals surface area (Å²) < 4.78 is 4.91. The summed E-state index contributed by atoms with van der Waals surface area (Å²) in [6.45, 7) is 3.26. The van der Waals surface area contributed by atoms with Gasteiger partial charge in [0, 0.05) is 19.0 Å². The van der Waals surface area contributed by atoms with Crippen LogP contribution in [0.4, 0.5) is 0 Å². The maximum absolute atomic E-state index is 11.9. The Morgan fingerprint density at radius 3 is 2.60 bits per heavy atom. The van der Waals surface area contributed by atoms with Crippen molar-refractivity contribution in [2.45, 2.75) is 26.3 Å². The van der Waals surface area contributed by atoms with E-state index >= 15 is 0 Å².